The van der Waals surface area contributed by atoms with E-state index in [0.29, 0.717) is 11.7 Å². The normalized spacial score (nSPS) is 14.8. The van der Waals surface area contributed by atoms with E-state index in [1.54, 1.807) is 11.3 Å². The van der Waals surface area contributed by atoms with E-state index in [0.717, 1.165) is 65.9 Å². The summed E-state index contributed by atoms with van der Waals surface area (Å²) in [6, 6.07) is 23.4. The number of imidazole rings is 1. The van der Waals surface area contributed by atoms with E-state index in [2.05, 4.69) is 78.7 Å². The van der Waals surface area contributed by atoms with Gasteiger partial charge in [-0.05, 0) is 61.7 Å². The number of hydrogen-bond acceptors (Lipinski definition) is 7. The molecule has 5 heterocycles. The molecule has 0 saturated carbocycles. The fourth-order valence-electron chi connectivity index (χ4n) is 5.43. The maximum Gasteiger partial charge on any atom is 0.212 e. The van der Waals surface area contributed by atoms with Gasteiger partial charge in [0.1, 0.15) is 17.0 Å². The molecule has 0 radical (unpaired) electrons. The van der Waals surface area contributed by atoms with Gasteiger partial charge in [0.15, 0.2) is 5.82 Å². The molecule has 0 atom stereocenters. The van der Waals surface area contributed by atoms with Gasteiger partial charge < -0.3 is 0 Å². The zero-order valence-corrected chi connectivity index (χ0v) is 22.5. The molecule has 1 saturated heterocycles. The van der Waals surface area contributed by atoms with Crippen LogP contribution in [0.25, 0.3) is 38.9 Å². The van der Waals surface area contributed by atoms with Crippen molar-refractivity contribution in [3.63, 3.8) is 0 Å². The number of aromatic amines is 1. The molecule has 0 unspecified atom stereocenters. The Hall–Kier alpha value is -4.21. The molecule has 0 aliphatic carbocycles. The molecule has 6 aromatic rings. The number of likely N-dealkylation sites (tertiary alicyclic amines) is 1. The molecule has 0 amide bonds. The van der Waals surface area contributed by atoms with Gasteiger partial charge in [-0.3, -0.25) is 10.00 Å². The molecule has 1 fully saturated rings. The Morgan fingerprint density at radius 1 is 0.923 bits per heavy atom. The molecule has 8 nitrogen and oxygen atoms in total. The number of nitrogens with zero attached hydrogens (tertiary/aromatic N) is 7. The second-order valence-corrected chi connectivity index (χ2v) is 10.9. The number of nitrogens with one attached hydrogen (secondary N) is 1. The third-order valence-electron chi connectivity index (χ3n) is 7.50. The van der Waals surface area contributed by atoms with Crippen LogP contribution < -0.4 is 0 Å². The summed E-state index contributed by atoms with van der Waals surface area (Å²) in [7, 11) is 0. The number of aromatic nitrogens is 7. The first kappa shape index (κ1) is 23.9. The first-order valence-electron chi connectivity index (χ1n) is 13.3. The molecule has 2 aromatic carbocycles. The molecular formula is C30H28N8S. The fourth-order valence-corrected chi connectivity index (χ4v) is 6.03. The predicted molar refractivity (Wildman–Crippen MR) is 153 cm³/mol. The van der Waals surface area contributed by atoms with Crippen molar-refractivity contribution in [2.75, 3.05) is 13.1 Å². The first-order chi connectivity index (χ1) is 19.2. The summed E-state index contributed by atoms with van der Waals surface area (Å²) < 4.78 is 1.92. The monoisotopic (exact) mass is 532 g/mol. The lowest BCUT2D eigenvalue weighted by molar-refractivity contribution is 0.202. The van der Waals surface area contributed by atoms with Crippen LogP contribution in [0.3, 0.4) is 0 Å². The van der Waals surface area contributed by atoms with E-state index < -0.39 is 0 Å². The van der Waals surface area contributed by atoms with Gasteiger partial charge in [-0.2, -0.15) is 10.2 Å². The topological polar surface area (TPSA) is 87.9 Å². The lowest BCUT2D eigenvalue weighted by Gasteiger charge is -2.31. The van der Waals surface area contributed by atoms with Crippen LogP contribution in [0.5, 0.6) is 0 Å². The van der Waals surface area contributed by atoms with Gasteiger partial charge in [-0.1, -0.05) is 65.9 Å². The fraction of sp³-hybridized carbons (Fsp3) is 0.233. The SMILES string of the molecule is Cc1cccc(-c2n[nH]c(C3CCN(Cc4ccc(-c5ccccc5-c5cnc6scnn56)cc4)CC3)n2)n1. The molecule has 0 spiro atoms. The van der Waals surface area contributed by atoms with Gasteiger partial charge in [0.2, 0.25) is 4.96 Å². The summed E-state index contributed by atoms with van der Waals surface area (Å²) in [5, 5.41) is 12.1. The minimum absolute atomic E-state index is 0.402. The highest BCUT2D eigenvalue weighted by Crippen LogP contribution is 2.33. The van der Waals surface area contributed by atoms with E-state index in [-0.39, 0.29) is 0 Å². The molecule has 9 heteroatoms. The standard InChI is InChI=1S/C30H28N8S/c1-20-5-4-8-26(33-20)29-34-28(35-36-29)23-13-15-37(16-14-23)18-21-9-11-22(12-10-21)24-6-2-3-7-25(24)27-17-31-30-38(27)32-19-39-30/h2-12,17,19,23H,13-16,18H2,1H3,(H,34,35,36). The average Bonchev–Trinajstić information content (AvgIpc) is 3.72. The highest BCUT2D eigenvalue weighted by molar-refractivity contribution is 7.14. The Bertz CT molecular complexity index is 1720. The number of piperidine rings is 1. The second kappa shape index (κ2) is 10.2. The largest absolute Gasteiger partial charge is 0.299 e. The summed E-state index contributed by atoms with van der Waals surface area (Å²) in [4.78, 5) is 17.3. The van der Waals surface area contributed by atoms with Crippen LogP contribution in [0.15, 0.2) is 78.4 Å². The average molecular weight is 533 g/mol. The highest BCUT2D eigenvalue weighted by atomic mass is 32.1. The minimum Gasteiger partial charge on any atom is -0.299 e. The molecule has 1 N–H and O–H groups in total. The summed E-state index contributed by atoms with van der Waals surface area (Å²) >= 11 is 1.55. The Morgan fingerprint density at radius 3 is 2.56 bits per heavy atom. The van der Waals surface area contributed by atoms with E-state index in [4.69, 9.17) is 4.98 Å². The molecule has 0 bridgehead atoms. The van der Waals surface area contributed by atoms with Crippen LogP contribution in [-0.4, -0.2) is 52.8 Å². The van der Waals surface area contributed by atoms with Crippen molar-refractivity contribution >= 4 is 16.3 Å². The molecule has 1 aliphatic rings. The second-order valence-electron chi connectivity index (χ2n) is 10.1. The van der Waals surface area contributed by atoms with Crippen LogP contribution >= 0.6 is 11.3 Å². The molecule has 194 valence electrons. The lowest BCUT2D eigenvalue weighted by Crippen LogP contribution is -2.32. The van der Waals surface area contributed by atoms with Gasteiger partial charge in [0.05, 0.1) is 11.9 Å². The van der Waals surface area contributed by atoms with Crippen LogP contribution in [0, 0.1) is 6.92 Å². The summed E-state index contributed by atoms with van der Waals surface area (Å²) in [5.74, 6) is 2.06. The third kappa shape index (κ3) is 4.75. The van der Waals surface area contributed by atoms with E-state index in [9.17, 15) is 0 Å². The minimum atomic E-state index is 0.402. The van der Waals surface area contributed by atoms with Gasteiger partial charge in [-0.15, -0.1) is 0 Å². The van der Waals surface area contributed by atoms with Gasteiger partial charge in [0, 0.05) is 23.7 Å². The number of aryl methyl sites for hydroxylation is 1. The number of pyridine rings is 1. The van der Waals surface area contributed by atoms with Crippen molar-refractivity contribution in [3.05, 3.63) is 95.5 Å². The van der Waals surface area contributed by atoms with Crippen molar-refractivity contribution in [1.29, 1.82) is 0 Å². The zero-order chi connectivity index (χ0) is 26.2. The third-order valence-corrected chi connectivity index (χ3v) is 8.18. The Morgan fingerprint density at radius 2 is 1.74 bits per heavy atom. The number of benzene rings is 2. The summed E-state index contributed by atoms with van der Waals surface area (Å²) in [5.41, 5.74) is 9.49. The Balaban J connectivity index is 1.01. The predicted octanol–water partition coefficient (Wildman–Crippen LogP) is 5.99. The van der Waals surface area contributed by atoms with Gasteiger partial charge in [-0.25, -0.2) is 19.5 Å². The van der Waals surface area contributed by atoms with Crippen LogP contribution in [0.2, 0.25) is 0 Å². The summed E-state index contributed by atoms with van der Waals surface area (Å²) in [6.45, 7) is 5.02. The van der Waals surface area contributed by atoms with Gasteiger partial charge in [0.25, 0.3) is 0 Å². The molecule has 4 aromatic heterocycles. The lowest BCUT2D eigenvalue weighted by atomic mass is 9.95. The van der Waals surface area contributed by atoms with E-state index in [1.165, 1.54) is 16.7 Å². The molecule has 39 heavy (non-hydrogen) atoms. The quantitative estimate of drug-likeness (QED) is 0.283. The van der Waals surface area contributed by atoms with E-state index >= 15 is 0 Å². The number of rotatable bonds is 6. The zero-order valence-electron chi connectivity index (χ0n) is 21.7. The number of H-pyrrole nitrogens is 1. The van der Waals surface area contributed by atoms with Crippen molar-refractivity contribution in [2.24, 2.45) is 0 Å². The van der Waals surface area contributed by atoms with Crippen LogP contribution in [0.4, 0.5) is 0 Å². The number of hydrogen-bond donors (Lipinski definition) is 1. The Labute approximate surface area is 230 Å². The van der Waals surface area contributed by atoms with Crippen molar-refractivity contribution in [2.45, 2.75) is 32.2 Å². The van der Waals surface area contributed by atoms with Crippen LogP contribution in [-0.2, 0) is 6.54 Å². The number of fused-ring (bicyclic) bond motifs is 1. The van der Waals surface area contributed by atoms with Crippen molar-refractivity contribution < 1.29 is 0 Å². The van der Waals surface area contributed by atoms with E-state index in [1.807, 2.05) is 41.3 Å². The molecule has 1 aliphatic heterocycles. The van der Waals surface area contributed by atoms with Crippen molar-refractivity contribution in [3.8, 4) is 33.9 Å². The smallest absolute Gasteiger partial charge is 0.212 e. The molecular weight excluding hydrogens is 504 g/mol. The summed E-state index contributed by atoms with van der Waals surface area (Å²) in [6.07, 6.45) is 4.05. The highest BCUT2D eigenvalue weighted by Gasteiger charge is 2.24. The Kier molecular flexibility index (Phi) is 6.22. The first-order valence-corrected chi connectivity index (χ1v) is 14.1. The maximum atomic E-state index is 4.78. The van der Waals surface area contributed by atoms with Crippen LogP contribution in [0.1, 0.15) is 35.8 Å². The van der Waals surface area contributed by atoms with Crippen molar-refractivity contribution in [1.82, 2.24) is 39.7 Å². The maximum absolute atomic E-state index is 4.78. The van der Waals surface area contributed by atoms with Gasteiger partial charge >= 0.3 is 0 Å². The molecule has 7 rings (SSSR count).